The zero-order valence-corrected chi connectivity index (χ0v) is 11.6. The number of nitrogens with one attached hydrogen (secondary N) is 1. The Morgan fingerprint density at radius 2 is 2.11 bits per heavy atom. The van der Waals surface area contributed by atoms with Gasteiger partial charge in [0, 0.05) is 31.8 Å². The molecule has 1 N–H and O–H groups in total. The largest absolute Gasteiger partial charge is 0.464 e. The molecule has 0 heterocycles. The number of amides is 1. The van der Waals surface area contributed by atoms with Crippen LogP contribution < -0.4 is 10.2 Å². The summed E-state index contributed by atoms with van der Waals surface area (Å²) in [5, 5.41) is 2.73. The van der Waals surface area contributed by atoms with Crippen molar-refractivity contribution in [2.45, 2.75) is 20.3 Å². The molecule has 104 valence electrons. The SMILES string of the molecule is CCC(=O)OCCN(C)c1cccc(NC(C)=O)c1. The van der Waals surface area contributed by atoms with Crippen LogP contribution in [-0.2, 0) is 14.3 Å². The molecule has 0 aromatic heterocycles. The number of carbonyl (C=O) groups is 2. The summed E-state index contributed by atoms with van der Waals surface area (Å²) in [6.07, 6.45) is 0.391. The van der Waals surface area contributed by atoms with Gasteiger partial charge in [-0.2, -0.15) is 0 Å². The molecule has 0 spiro atoms. The number of esters is 1. The zero-order chi connectivity index (χ0) is 14.3. The van der Waals surface area contributed by atoms with E-state index in [1.165, 1.54) is 6.92 Å². The molecule has 0 aliphatic heterocycles. The number of anilines is 2. The van der Waals surface area contributed by atoms with E-state index in [1.807, 2.05) is 36.2 Å². The van der Waals surface area contributed by atoms with E-state index in [0.717, 1.165) is 11.4 Å². The fraction of sp³-hybridized carbons (Fsp3) is 0.429. The van der Waals surface area contributed by atoms with Crippen molar-refractivity contribution in [3.63, 3.8) is 0 Å². The molecule has 0 atom stereocenters. The minimum absolute atomic E-state index is 0.100. The second-order valence-corrected chi connectivity index (χ2v) is 4.23. The molecule has 0 fully saturated rings. The van der Waals surface area contributed by atoms with Crippen molar-refractivity contribution < 1.29 is 14.3 Å². The molecular weight excluding hydrogens is 244 g/mol. The summed E-state index contributed by atoms with van der Waals surface area (Å²) in [5.74, 6) is -0.294. The van der Waals surface area contributed by atoms with Crippen LogP contribution in [0.25, 0.3) is 0 Å². The van der Waals surface area contributed by atoms with Crippen LogP contribution in [0.15, 0.2) is 24.3 Å². The lowest BCUT2D eigenvalue weighted by molar-refractivity contribution is -0.142. The Labute approximate surface area is 113 Å². The fourth-order valence-electron chi connectivity index (χ4n) is 1.55. The molecule has 5 heteroatoms. The van der Waals surface area contributed by atoms with Gasteiger partial charge in [0.05, 0.1) is 6.54 Å². The van der Waals surface area contributed by atoms with E-state index in [-0.39, 0.29) is 11.9 Å². The molecular formula is C14H20N2O3. The predicted octanol–water partition coefficient (Wildman–Crippen LogP) is 2.03. The highest BCUT2D eigenvalue weighted by Crippen LogP contribution is 2.18. The van der Waals surface area contributed by atoms with Gasteiger partial charge in [-0.15, -0.1) is 0 Å². The van der Waals surface area contributed by atoms with Gasteiger partial charge in [0.25, 0.3) is 0 Å². The minimum atomic E-state index is -0.194. The van der Waals surface area contributed by atoms with Gasteiger partial charge in [-0.1, -0.05) is 13.0 Å². The normalized spacial score (nSPS) is 9.84. The molecule has 0 aliphatic carbocycles. The smallest absolute Gasteiger partial charge is 0.305 e. The van der Waals surface area contributed by atoms with Gasteiger partial charge in [-0.25, -0.2) is 0 Å². The van der Waals surface area contributed by atoms with E-state index in [4.69, 9.17) is 4.74 Å². The highest BCUT2D eigenvalue weighted by molar-refractivity contribution is 5.89. The van der Waals surface area contributed by atoms with Crippen LogP contribution in [-0.4, -0.2) is 32.1 Å². The van der Waals surface area contributed by atoms with Crippen LogP contribution in [0.4, 0.5) is 11.4 Å². The van der Waals surface area contributed by atoms with Gasteiger partial charge in [-0.3, -0.25) is 9.59 Å². The summed E-state index contributed by atoms with van der Waals surface area (Å²) in [6.45, 7) is 4.20. The number of carbonyl (C=O) groups excluding carboxylic acids is 2. The van der Waals surface area contributed by atoms with Crippen LogP contribution in [0.1, 0.15) is 20.3 Å². The molecule has 0 unspecified atom stereocenters. The van der Waals surface area contributed by atoms with E-state index in [9.17, 15) is 9.59 Å². The van der Waals surface area contributed by atoms with Crippen LogP contribution in [0, 0.1) is 0 Å². The Bertz CT molecular complexity index is 446. The van der Waals surface area contributed by atoms with Crippen molar-refractivity contribution >= 4 is 23.3 Å². The summed E-state index contributed by atoms with van der Waals surface area (Å²) < 4.78 is 5.03. The minimum Gasteiger partial charge on any atom is -0.464 e. The van der Waals surface area contributed by atoms with Crippen LogP contribution in [0.2, 0.25) is 0 Å². The number of hydrogen-bond donors (Lipinski definition) is 1. The highest BCUT2D eigenvalue weighted by atomic mass is 16.5. The summed E-state index contributed by atoms with van der Waals surface area (Å²) in [6, 6.07) is 7.51. The number of likely N-dealkylation sites (N-methyl/N-ethyl adjacent to an activating group) is 1. The van der Waals surface area contributed by atoms with E-state index >= 15 is 0 Å². The van der Waals surface area contributed by atoms with Gasteiger partial charge < -0.3 is 15.0 Å². The van der Waals surface area contributed by atoms with Crippen molar-refractivity contribution in [3.05, 3.63) is 24.3 Å². The molecule has 19 heavy (non-hydrogen) atoms. The van der Waals surface area contributed by atoms with Crippen molar-refractivity contribution in [1.29, 1.82) is 0 Å². The quantitative estimate of drug-likeness (QED) is 0.799. The average Bonchev–Trinajstić information content (AvgIpc) is 2.37. The van der Waals surface area contributed by atoms with E-state index in [2.05, 4.69) is 5.32 Å². The highest BCUT2D eigenvalue weighted by Gasteiger charge is 2.04. The van der Waals surface area contributed by atoms with Crippen LogP contribution >= 0.6 is 0 Å². The van der Waals surface area contributed by atoms with Crippen LogP contribution in [0.5, 0.6) is 0 Å². The first kappa shape index (κ1) is 15.0. The second-order valence-electron chi connectivity index (χ2n) is 4.23. The molecule has 0 aliphatic rings. The fourth-order valence-corrected chi connectivity index (χ4v) is 1.55. The van der Waals surface area contributed by atoms with Gasteiger partial charge in [0.15, 0.2) is 0 Å². The van der Waals surface area contributed by atoms with E-state index in [0.29, 0.717) is 19.6 Å². The summed E-state index contributed by atoms with van der Waals surface area (Å²) in [4.78, 5) is 24.0. The third-order valence-corrected chi connectivity index (χ3v) is 2.59. The number of ether oxygens (including phenoxy) is 1. The van der Waals surface area contributed by atoms with Crippen molar-refractivity contribution in [2.75, 3.05) is 30.4 Å². The molecule has 1 rings (SSSR count). The molecule has 1 aromatic carbocycles. The molecule has 1 amide bonds. The molecule has 0 radical (unpaired) electrons. The van der Waals surface area contributed by atoms with Gasteiger partial charge >= 0.3 is 5.97 Å². The lowest BCUT2D eigenvalue weighted by Crippen LogP contribution is -2.23. The Morgan fingerprint density at radius 1 is 1.37 bits per heavy atom. The van der Waals surface area contributed by atoms with E-state index < -0.39 is 0 Å². The van der Waals surface area contributed by atoms with Gasteiger partial charge in [-0.05, 0) is 18.2 Å². The van der Waals surface area contributed by atoms with Crippen molar-refractivity contribution in [3.8, 4) is 0 Å². The standard InChI is InChI=1S/C14H20N2O3/c1-4-14(18)19-9-8-16(3)13-7-5-6-12(10-13)15-11(2)17/h5-7,10H,4,8-9H2,1-3H3,(H,15,17). The van der Waals surface area contributed by atoms with Crippen LogP contribution in [0.3, 0.4) is 0 Å². The summed E-state index contributed by atoms with van der Waals surface area (Å²) >= 11 is 0. The Hall–Kier alpha value is -2.04. The lowest BCUT2D eigenvalue weighted by Gasteiger charge is -2.19. The Morgan fingerprint density at radius 3 is 2.74 bits per heavy atom. The topological polar surface area (TPSA) is 58.6 Å². The molecule has 0 saturated heterocycles. The van der Waals surface area contributed by atoms with Crippen molar-refractivity contribution in [1.82, 2.24) is 0 Å². The number of rotatable bonds is 6. The van der Waals surface area contributed by atoms with Crippen molar-refractivity contribution in [2.24, 2.45) is 0 Å². The maximum Gasteiger partial charge on any atom is 0.305 e. The third-order valence-electron chi connectivity index (χ3n) is 2.59. The zero-order valence-electron chi connectivity index (χ0n) is 11.6. The molecule has 0 bridgehead atoms. The Balaban J connectivity index is 2.54. The first-order valence-corrected chi connectivity index (χ1v) is 6.27. The maximum atomic E-state index is 11.0. The third kappa shape index (κ3) is 5.42. The number of benzene rings is 1. The average molecular weight is 264 g/mol. The number of hydrogen-bond acceptors (Lipinski definition) is 4. The molecule has 5 nitrogen and oxygen atoms in total. The molecule has 1 aromatic rings. The lowest BCUT2D eigenvalue weighted by atomic mass is 10.2. The summed E-state index contributed by atoms with van der Waals surface area (Å²) in [7, 11) is 1.91. The van der Waals surface area contributed by atoms with E-state index in [1.54, 1.807) is 6.92 Å². The number of nitrogens with zero attached hydrogens (tertiary/aromatic N) is 1. The van der Waals surface area contributed by atoms with Gasteiger partial charge in [0.1, 0.15) is 6.61 Å². The monoisotopic (exact) mass is 264 g/mol. The predicted molar refractivity (Wildman–Crippen MR) is 75.3 cm³/mol. The maximum absolute atomic E-state index is 11.0. The first-order valence-electron chi connectivity index (χ1n) is 6.27. The Kier molecular flexibility index (Phi) is 5.85. The molecule has 0 saturated carbocycles. The first-order chi connectivity index (χ1) is 9.02. The second kappa shape index (κ2) is 7.41. The summed E-state index contributed by atoms with van der Waals surface area (Å²) in [5.41, 5.74) is 1.71. The van der Waals surface area contributed by atoms with Gasteiger partial charge in [0.2, 0.25) is 5.91 Å².